The summed E-state index contributed by atoms with van der Waals surface area (Å²) in [5.41, 5.74) is 0.950. The van der Waals surface area contributed by atoms with Crippen LogP contribution < -0.4 is 4.90 Å². The zero-order valence-corrected chi connectivity index (χ0v) is 16.8. The molecule has 2 saturated heterocycles. The summed E-state index contributed by atoms with van der Waals surface area (Å²) in [6, 6.07) is 9.07. The van der Waals surface area contributed by atoms with Crippen LogP contribution in [0.4, 0.5) is 5.82 Å². The molecule has 0 aromatic carbocycles. The van der Waals surface area contributed by atoms with Crippen LogP contribution in [0.25, 0.3) is 0 Å². The summed E-state index contributed by atoms with van der Waals surface area (Å²) in [5, 5.41) is 0. The van der Waals surface area contributed by atoms with E-state index in [4.69, 9.17) is 0 Å². The lowest BCUT2D eigenvalue weighted by Gasteiger charge is -2.27. The third-order valence-electron chi connectivity index (χ3n) is 5.83. The van der Waals surface area contributed by atoms with Gasteiger partial charge < -0.3 is 9.80 Å². The van der Waals surface area contributed by atoms with E-state index in [-0.39, 0.29) is 17.7 Å². The number of carbonyl (C=O) groups excluding carboxylic acids is 2. The molecule has 7 nitrogen and oxygen atoms in total. The van der Waals surface area contributed by atoms with E-state index in [1.54, 1.807) is 30.6 Å². The number of ketones is 1. The predicted molar refractivity (Wildman–Crippen MR) is 111 cm³/mol. The Morgan fingerprint density at radius 2 is 1.90 bits per heavy atom. The fourth-order valence-electron chi connectivity index (χ4n) is 4.17. The highest BCUT2D eigenvalue weighted by molar-refractivity contribution is 6.07. The average Bonchev–Trinajstić information content (AvgIpc) is 3.04. The van der Waals surface area contributed by atoms with Gasteiger partial charge in [0.25, 0.3) is 0 Å². The van der Waals surface area contributed by atoms with E-state index in [0.29, 0.717) is 17.8 Å². The van der Waals surface area contributed by atoms with Crippen molar-refractivity contribution in [3.05, 3.63) is 54.0 Å². The van der Waals surface area contributed by atoms with Crippen LogP contribution in [0.3, 0.4) is 0 Å². The summed E-state index contributed by atoms with van der Waals surface area (Å²) in [4.78, 5) is 40.6. The monoisotopic (exact) mass is 393 g/mol. The molecule has 1 atom stereocenters. The smallest absolute Gasteiger partial charge is 0.239 e. The van der Waals surface area contributed by atoms with Crippen molar-refractivity contribution < 1.29 is 9.59 Å². The van der Waals surface area contributed by atoms with Crippen molar-refractivity contribution in [2.75, 3.05) is 44.7 Å². The molecule has 0 spiro atoms. The minimum absolute atomic E-state index is 0.0279. The van der Waals surface area contributed by atoms with Crippen molar-refractivity contribution in [3.63, 3.8) is 0 Å². The minimum atomic E-state index is -0.129. The number of amides is 1. The first-order valence-electron chi connectivity index (χ1n) is 10.3. The lowest BCUT2D eigenvalue weighted by molar-refractivity contribution is -0.135. The van der Waals surface area contributed by atoms with Crippen molar-refractivity contribution in [1.82, 2.24) is 19.8 Å². The maximum atomic E-state index is 12.9. The van der Waals surface area contributed by atoms with E-state index in [2.05, 4.69) is 19.8 Å². The van der Waals surface area contributed by atoms with Gasteiger partial charge in [0.1, 0.15) is 11.5 Å². The number of anilines is 1. The Labute approximate surface area is 171 Å². The molecule has 2 fully saturated rings. The first-order chi connectivity index (χ1) is 14.1. The molecular formula is C22H27N5O2. The van der Waals surface area contributed by atoms with E-state index in [0.717, 1.165) is 51.3 Å². The van der Waals surface area contributed by atoms with Gasteiger partial charge in [-0.2, -0.15) is 0 Å². The highest BCUT2D eigenvalue weighted by Crippen LogP contribution is 2.20. The second-order valence-corrected chi connectivity index (χ2v) is 7.76. The maximum Gasteiger partial charge on any atom is 0.239 e. The summed E-state index contributed by atoms with van der Waals surface area (Å²) in [5.74, 6) is 0.906. The van der Waals surface area contributed by atoms with Gasteiger partial charge in [-0.05, 0) is 57.1 Å². The summed E-state index contributed by atoms with van der Waals surface area (Å²) in [6.45, 7) is 4.00. The Bertz CT molecular complexity index is 873. The van der Waals surface area contributed by atoms with Crippen molar-refractivity contribution in [2.45, 2.75) is 25.3 Å². The Morgan fingerprint density at radius 3 is 2.66 bits per heavy atom. The molecule has 2 aromatic rings. The topological polar surface area (TPSA) is 69.6 Å². The van der Waals surface area contributed by atoms with Crippen molar-refractivity contribution >= 4 is 17.5 Å². The van der Waals surface area contributed by atoms with Gasteiger partial charge >= 0.3 is 0 Å². The van der Waals surface area contributed by atoms with E-state index in [1.165, 1.54) is 0 Å². The second-order valence-electron chi connectivity index (χ2n) is 7.76. The summed E-state index contributed by atoms with van der Waals surface area (Å²) in [6.07, 6.45) is 6.15. The number of hydrogen-bond acceptors (Lipinski definition) is 6. The van der Waals surface area contributed by atoms with Crippen molar-refractivity contribution in [3.8, 4) is 0 Å². The Kier molecular flexibility index (Phi) is 5.85. The lowest BCUT2D eigenvalue weighted by atomic mass is 10.1. The standard InChI is InChI=1S/C22H27N5O2/c1-25-11-4-8-19(25)22(29)27-13-5-12-26(14-15-27)20-9-2-7-18(24-20)21(28)17-6-3-10-23-16-17/h2-3,6-7,9-10,16,19H,4-5,8,11-15H2,1H3. The molecule has 0 aliphatic carbocycles. The van der Waals surface area contributed by atoms with Crippen LogP contribution in [-0.4, -0.2) is 77.3 Å². The molecule has 29 heavy (non-hydrogen) atoms. The maximum absolute atomic E-state index is 12.9. The second kappa shape index (κ2) is 8.69. The zero-order valence-electron chi connectivity index (χ0n) is 16.8. The molecule has 0 bridgehead atoms. The molecule has 2 aromatic heterocycles. The normalized spacial score (nSPS) is 20.5. The van der Waals surface area contributed by atoms with Crippen LogP contribution in [0.1, 0.15) is 35.3 Å². The van der Waals surface area contributed by atoms with E-state index < -0.39 is 0 Å². The number of likely N-dealkylation sites (tertiary alicyclic amines) is 1. The molecule has 4 rings (SSSR count). The van der Waals surface area contributed by atoms with Gasteiger partial charge in [-0.1, -0.05) is 6.07 Å². The zero-order chi connectivity index (χ0) is 20.2. The third-order valence-corrected chi connectivity index (χ3v) is 5.83. The Morgan fingerprint density at radius 1 is 1.00 bits per heavy atom. The number of pyridine rings is 2. The van der Waals surface area contributed by atoms with Crippen LogP contribution in [0.5, 0.6) is 0 Å². The largest absolute Gasteiger partial charge is 0.355 e. The molecule has 4 heterocycles. The van der Waals surface area contributed by atoms with Crippen molar-refractivity contribution in [2.24, 2.45) is 0 Å². The summed E-state index contributed by atoms with van der Waals surface area (Å²) < 4.78 is 0. The molecule has 0 radical (unpaired) electrons. The van der Waals surface area contributed by atoms with Gasteiger partial charge in [0.2, 0.25) is 11.7 Å². The fourth-order valence-corrected chi connectivity index (χ4v) is 4.17. The summed E-state index contributed by atoms with van der Waals surface area (Å²) >= 11 is 0. The minimum Gasteiger partial charge on any atom is -0.355 e. The van der Waals surface area contributed by atoms with Gasteiger partial charge in [-0.3, -0.25) is 19.5 Å². The molecule has 7 heteroatoms. The van der Waals surface area contributed by atoms with E-state index in [1.807, 2.05) is 24.1 Å². The van der Waals surface area contributed by atoms with Crippen LogP contribution >= 0.6 is 0 Å². The number of hydrogen-bond donors (Lipinski definition) is 0. The SMILES string of the molecule is CN1CCCC1C(=O)N1CCCN(c2cccc(C(=O)c3cccnc3)n2)CC1. The molecule has 1 amide bonds. The molecule has 152 valence electrons. The van der Waals surface area contributed by atoms with Gasteiger partial charge in [0.15, 0.2) is 0 Å². The number of rotatable bonds is 4. The molecule has 0 N–H and O–H groups in total. The molecule has 2 aliphatic rings. The first kappa shape index (κ1) is 19.5. The lowest BCUT2D eigenvalue weighted by Crippen LogP contribution is -2.45. The fraction of sp³-hybridized carbons (Fsp3) is 0.455. The van der Waals surface area contributed by atoms with Gasteiger partial charge in [0.05, 0.1) is 6.04 Å². The molecule has 2 aliphatic heterocycles. The van der Waals surface area contributed by atoms with Gasteiger partial charge in [-0.15, -0.1) is 0 Å². The average molecular weight is 393 g/mol. The van der Waals surface area contributed by atoms with Gasteiger partial charge in [-0.25, -0.2) is 4.98 Å². The molecule has 1 unspecified atom stereocenters. The highest BCUT2D eigenvalue weighted by atomic mass is 16.2. The van der Waals surface area contributed by atoms with E-state index >= 15 is 0 Å². The van der Waals surface area contributed by atoms with Crippen molar-refractivity contribution in [1.29, 1.82) is 0 Å². The van der Waals surface area contributed by atoms with Crippen LogP contribution in [0, 0.1) is 0 Å². The predicted octanol–water partition coefficient (Wildman–Crippen LogP) is 1.84. The van der Waals surface area contributed by atoms with Crippen LogP contribution in [0.15, 0.2) is 42.7 Å². The number of likely N-dealkylation sites (N-methyl/N-ethyl adjacent to an activating group) is 1. The van der Waals surface area contributed by atoms with Gasteiger partial charge in [0, 0.05) is 44.1 Å². The Balaban J connectivity index is 1.44. The first-order valence-corrected chi connectivity index (χ1v) is 10.3. The highest BCUT2D eigenvalue weighted by Gasteiger charge is 2.32. The third kappa shape index (κ3) is 4.29. The van der Waals surface area contributed by atoms with Crippen LogP contribution in [-0.2, 0) is 4.79 Å². The number of carbonyl (C=O) groups is 2. The number of nitrogens with zero attached hydrogens (tertiary/aromatic N) is 5. The number of aromatic nitrogens is 2. The molecular weight excluding hydrogens is 366 g/mol. The quantitative estimate of drug-likeness (QED) is 0.739. The Hall–Kier alpha value is -2.80. The summed E-state index contributed by atoms with van der Waals surface area (Å²) in [7, 11) is 2.04. The van der Waals surface area contributed by atoms with Crippen LogP contribution in [0.2, 0.25) is 0 Å². The van der Waals surface area contributed by atoms with E-state index in [9.17, 15) is 9.59 Å². The molecule has 0 saturated carbocycles.